The van der Waals surface area contributed by atoms with Gasteiger partial charge in [0.2, 0.25) is 0 Å². The summed E-state index contributed by atoms with van der Waals surface area (Å²) in [5, 5.41) is 3.23. The molecule has 0 aromatic heterocycles. The Morgan fingerprint density at radius 3 is 2.71 bits per heavy atom. The fourth-order valence-corrected chi connectivity index (χ4v) is 1.81. The first-order valence-corrected chi connectivity index (χ1v) is 6.48. The van der Waals surface area contributed by atoms with Gasteiger partial charge in [-0.15, -0.1) is 0 Å². The zero-order valence-corrected chi connectivity index (χ0v) is 11.0. The number of carbonyl (C=O) groups excluding carboxylic acids is 1. The van der Waals surface area contributed by atoms with Crippen molar-refractivity contribution in [2.75, 3.05) is 32.8 Å². The van der Waals surface area contributed by atoms with Gasteiger partial charge in [-0.05, 0) is 26.3 Å². The molecule has 0 aromatic rings. The Hall–Kier alpha value is -0.870. The first kappa shape index (κ1) is 14.2. The third-order valence-electron chi connectivity index (χ3n) is 2.95. The molecule has 0 radical (unpaired) electrons. The van der Waals surface area contributed by atoms with Crippen molar-refractivity contribution in [3.63, 3.8) is 0 Å². The van der Waals surface area contributed by atoms with Crippen molar-refractivity contribution in [2.45, 2.75) is 32.7 Å². The summed E-state index contributed by atoms with van der Waals surface area (Å²) in [6.07, 6.45) is 2.67. The Labute approximate surface area is 104 Å². The van der Waals surface area contributed by atoms with E-state index in [-0.39, 0.29) is 5.97 Å². The summed E-state index contributed by atoms with van der Waals surface area (Å²) in [5.74, 6) is -0.297. The normalized spacial score (nSPS) is 15.0. The van der Waals surface area contributed by atoms with Crippen LogP contribution in [-0.4, -0.2) is 49.7 Å². The lowest BCUT2D eigenvalue weighted by Gasteiger charge is -2.19. The van der Waals surface area contributed by atoms with Gasteiger partial charge in [0.1, 0.15) is 0 Å². The maximum Gasteiger partial charge on any atom is 0.334 e. The van der Waals surface area contributed by atoms with Crippen molar-refractivity contribution in [2.24, 2.45) is 0 Å². The van der Waals surface area contributed by atoms with Gasteiger partial charge in [0.05, 0.1) is 6.61 Å². The van der Waals surface area contributed by atoms with Crippen LogP contribution in [0.3, 0.4) is 0 Å². The Morgan fingerprint density at radius 1 is 1.47 bits per heavy atom. The molecule has 0 bridgehead atoms. The molecule has 0 aromatic carbocycles. The molecule has 4 nitrogen and oxygen atoms in total. The van der Waals surface area contributed by atoms with Crippen molar-refractivity contribution < 1.29 is 9.53 Å². The van der Waals surface area contributed by atoms with E-state index in [2.05, 4.69) is 23.7 Å². The molecule has 1 saturated carbocycles. The van der Waals surface area contributed by atoms with Crippen LogP contribution in [0, 0.1) is 0 Å². The van der Waals surface area contributed by atoms with Gasteiger partial charge >= 0.3 is 5.97 Å². The van der Waals surface area contributed by atoms with Crippen LogP contribution in [0.5, 0.6) is 0 Å². The first-order chi connectivity index (χ1) is 8.19. The number of ether oxygens (including phenoxy) is 1. The summed E-state index contributed by atoms with van der Waals surface area (Å²) in [5.41, 5.74) is 0.501. The van der Waals surface area contributed by atoms with Crippen molar-refractivity contribution in [1.29, 1.82) is 0 Å². The monoisotopic (exact) mass is 240 g/mol. The molecule has 0 unspecified atom stereocenters. The van der Waals surface area contributed by atoms with E-state index in [9.17, 15) is 4.79 Å². The summed E-state index contributed by atoms with van der Waals surface area (Å²) in [4.78, 5) is 13.7. The van der Waals surface area contributed by atoms with Gasteiger partial charge in [-0.2, -0.15) is 0 Å². The SMILES string of the molecule is C=C(CNCCN(CC)C1CC1)C(=O)OCC. The van der Waals surface area contributed by atoms with Gasteiger partial charge < -0.3 is 10.1 Å². The molecular formula is C13H24N2O2. The zero-order valence-electron chi connectivity index (χ0n) is 11.0. The summed E-state index contributed by atoms with van der Waals surface area (Å²) >= 11 is 0. The van der Waals surface area contributed by atoms with Crippen molar-refractivity contribution in [1.82, 2.24) is 10.2 Å². The highest BCUT2D eigenvalue weighted by molar-refractivity contribution is 5.88. The van der Waals surface area contributed by atoms with Gasteiger partial charge in [0.25, 0.3) is 0 Å². The molecule has 1 aliphatic rings. The highest BCUT2D eigenvalue weighted by Crippen LogP contribution is 2.25. The second kappa shape index (κ2) is 7.45. The Morgan fingerprint density at radius 2 is 2.18 bits per heavy atom. The molecule has 1 fully saturated rings. The third-order valence-corrected chi connectivity index (χ3v) is 2.95. The van der Waals surface area contributed by atoms with E-state index >= 15 is 0 Å². The van der Waals surface area contributed by atoms with Crippen LogP contribution in [0.25, 0.3) is 0 Å². The Balaban J connectivity index is 2.06. The molecule has 1 aliphatic carbocycles. The van der Waals surface area contributed by atoms with Crippen molar-refractivity contribution in [3.8, 4) is 0 Å². The molecule has 1 rings (SSSR count). The number of hydrogen-bond donors (Lipinski definition) is 1. The molecule has 0 aliphatic heterocycles. The van der Waals surface area contributed by atoms with Crippen LogP contribution in [0.1, 0.15) is 26.7 Å². The Kier molecular flexibility index (Phi) is 6.22. The smallest absolute Gasteiger partial charge is 0.334 e. The number of rotatable bonds is 9. The van der Waals surface area contributed by atoms with Crippen LogP contribution in [0.15, 0.2) is 12.2 Å². The molecule has 98 valence electrons. The molecule has 1 N–H and O–H groups in total. The standard InChI is InChI=1S/C13H24N2O2/c1-4-15(12-6-7-12)9-8-14-10-11(3)13(16)17-5-2/h12,14H,3-10H2,1-2H3. The largest absolute Gasteiger partial charge is 0.463 e. The molecule has 0 heterocycles. The fraction of sp³-hybridized carbons (Fsp3) is 0.769. The summed E-state index contributed by atoms with van der Waals surface area (Å²) in [7, 11) is 0. The van der Waals surface area contributed by atoms with Crippen LogP contribution in [0.2, 0.25) is 0 Å². The van der Waals surface area contributed by atoms with Crippen LogP contribution in [-0.2, 0) is 9.53 Å². The van der Waals surface area contributed by atoms with Crippen LogP contribution < -0.4 is 5.32 Å². The van der Waals surface area contributed by atoms with Gasteiger partial charge in [-0.1, -0.05) is 13.5 Å². The number of carbonyl (C=O) groups is 1. The van der Waals surface area contributed by atoms with Gasteiger partial charge in [0, 0.05) is 31.2 Å². The second-order valence-electron chi connectivity index (χ2n) is 4.36. The minimum absolute atomic E-state index is 0.297. The molecule has 0 spiro atoms. The van der Waals surface area contributed by atoms with Crippen molar-refractivity contribution >= 4 is 5.97 Å². The average Bonchev–Trinajstić information content (AvgIpc) is 3.13. The Bertz CT molecular complexity index is 262. The van der Waals surface area contributed by atoms with Gasteiger partial charge in [-0.25, -0.2) is 4.79 Å². The lowest BCUT2D eigenvalue weighted by atomic mass is 10.3. The zero-order chi connectivity index (χ0) is 12.7. The molecular weight excluding hydrogens is 216 g/mol. The van der Waals surface area contributed by atoms with E-state index < -0.39 is 0 Å². The second-order valence-corrected chi connectivity index (χ2v) is 4.36. The minimum Gasteiger partial charge on any atom is -0.463 e. The van der Waals surface area contributed by atoms with Gasteiger partial charge in [0.15, 0.2) is 0 Å². The fourth-order valence-electron chi connectivity index (χ4n) is 1.81. The number of nitrogens with zero attached hydrogens (tertiary/aromatic N) is 1. The quantitative estimate of drug-likeness (QED) is 0.373. The third kappa shape index (κ3) is 5.33. The number of likely N-dealkylation sites (N-methyl/N-ethyl adjacent to an activating group) is 1. The average molecular weight is 240 g/mol. The summed E-state index contributed by atoms with van der Waals surface area (Å²) in [6.45, 7) is 11.6. The maximum atomic E-state index is 11.3. The molecule has 0 atom stereocenters. The van der Waals surface area contributed by atoms with E-state index in [1.807, 2.05) is 0 Å². The maximum absolute atomic E-state index is 11.3. The van der Waals surface area contributed by atoms with E-state index in [1.54, 1.807) is 6.92 Å². The van der Waals surface area contributed by atoms with Crippen LogP contribution >= 0.6 is 0 Å². The molecule has 0 amide bonds. The summed E-state index contributed by atoms with van der Waals surface area (Å²) < 4.78 is 4.86. The van der Waals surface area contributed by atoms with E-state index in [1.165, 1.54) is 12.8 Å². The highest BCUT2D eigenvalue weighted by atomic mass is 16.5. The number of nitrogens with one attached hydrogen (secondary N) is 1. The molecule has 0 saturated heterocycles. The highest BCUT2D eigenvalue weighted by Gasteiger charge is 2.26. The van der Waals surface area contributed by atoms with E-state index in [4.69, 9.17) is 4.74 Å². The van der Waals surface area contributed by atoms with Crippen molar-refractivity contribution in [3.05, 3.63) is 12.2 Å². The number of esters is 1. The summed E-state index contributed by atoms with van der Waals surface area (Å²) in [6, 6.07) is 0.801. The molecule has 17 heavy (non-hydrogen) atoms. The predicted octanol–water partition coefficient (Wildman–Crippen LogP) is 1.18. The van der Waals surface area contributed by atoms with Crippen LogP contribution in [0.4, 0.5) is 0 Å². The van der Waals surface area contributed by atoms with E-state index in [0.29, 0.717) is 18.7 Å². The first-order valence-electron chi connectivity index (χ1n) is 6.48. The van der Waals surface area contributed by atoms with Gasteiger partial charge in [-0.3, -0.25) is 4.90 Å². The topological polar surface area (TPSA) is 41.6 Å². The number of hydrogen-bond acceptors (Lipinski definition) is 4. The predicted molar refractivity (Wildman–Crippen MR) is 68.9 cm³/mol. The molecule has 4 heteroatoms. The lowest BCUT2D eigenvalue weighted by Crippen LogP contribution is -2.34. The minimum atomic E-state index is -0.297. The lowest BCUT2D eigenvalue weighted by molar-refractivity contribution is -0.138. The van der Waals surface area contributed by atoms with E-state index in [0.717, 1.165) is 25.7 Å².